The molecule has 0 saturated heterocycles. The number of carbonyl (C=O) groups excluding carboxylic acids is 1. The number of nitrogens with zero attached hydrogens (tertiary/aromatic N) is 1. The van der Waals surface area contributed by atoms with E-state index < -0.39 is 15.4 Å². The molecular weight excluding hydrogens is 406 g/mol. The number of hydrogen-bond acceptors (Lipinski definition) is 3. The third-order valence-electron chi connectivity index (χ3n) is 6.31. The minimum Gasteiger partial charge on any atom is -0.294 e. The molecule has 31 heavy (non-hydrogen) atoms. The molecule has 156 valence electrons. The number of carbonyl (C=O) groups is 1. The van der Waals surface area contributed by atoms with Gasteiger partial charge in [0.15, 0.2) is 5.78 Å². The van der Waals surface area contributed by atoms with Crippen molar-refractivity contribution < 1.29 is 13.2 Å². The van der Waals surface area contributed by atoms with Gasteiger partial charge in [-0.25, -0.2) is 12.4 Å². The van der Waals surface area contributed by atoms with Crippen molar-refractivity contribution in [3.8, 4) is 11.3 Å². The highest BCUT2D eigenvalue weighted by Crippen LogP contribution is 2.45. The lowest BCUT2D eigenvalue weighted by atomic mass is 9.77. The highest BCUT2D eigenvalue weighted by atomic mass is 32.2. The Hall–Kier alpha value is -3.18. The Labute approximate surface area is 182 Å². The Balaban J connectivity index is 1.82. The molecule has 4 aromatic rings. The second kappa shape index (κ2) is 6.92. The number of rotatable bonds is 4. The number of benzene rings is 3. The number of aromatic nitrogens is 1. The Morgan fingerprint density at radius 3 is 2.29 bits per heavy atom. The van der Waals surface area contributed by atoms with E-state index in [1.807, 2.05) is 78.9 Å². The average Bonchev–Trinajstić information content (AvgIpc) is 3.21. The molecule has 5 rings (SSSR count). The molecule has 0 bridgehead atoms. The third kappa shape index (κ3) is 3.12. The number of fused-ring (bicyclic) bond motifs is 2. The Morgan fingerprint density at radius 2 is 1.55 bits per heavy atom. The van der Waals surface area contributed by atoms with Crippen molar-refractivity contribution in [2.24, 2.45) is 0 Å². The predicted molar refractivity (Wildman–Crippen MR) is 124 cm³/mol. The first kappa shape index (κ1) is 19.8. The largest absolute Gasteiger partial charge is 0.294 e. The van der Waals surface area contributed by atoms with Crippen molar-refractivity contribution in [1.82, 2.24) is 3.97 Å². The summed E-state index contributed by atoms with van der Waals surface area (Å²) in [6.45, 7) is 2.11. The van der Waals surface area contributed by atoms with E-state index in [1.54, 1.807) is 0 Å². The van der Waals surface area contributed by atoms with Gasteiger partial charge in [0.2, 0.25) is 10.0 Å². The molecule has 1 aromatic heterocycles. The smallest absolute Gasteiger partial charge is 0.236 e. The fourth-order valence-electron chi connectivity index (χ4n) is 5.03. The zero-order valence-electron chi connectivity index (χ0n) is 17.5. The summed E-state index contributed by atoms with van der Waals surface area (Å²) < 4.78 is 27.3. The van der Waals surface area contributed by atoms with Gasteiger partial charge in [0.05, 0.1) is 17.5 Å². The van der Waals surface area contributed by atoms with Gasteiger partial charge >= 0.3 is 0 Å². The van der Waals surface area contributed by atoms with Gasteiger partial charge < -0.3 is 0 Å². The summed E-state index contributed by atoms with van der Waals surface area (Å²) in [7, 11) is -3.56. The minimum absolute atomic E-state index is 0.145. The molecule has 1 aliphatic rings. The van der Waals surface area contributed by atoms with Gasteiger partial charge in [-0.15, -0.1) is 0 Å². The van der Waals surface area contributed by atoms with E-state index >= 15 is 0 Å². The van der Waals surface area contributed by atoms with E-state index in [2.05, 4.69) is 6.92 Å². The van der Waals surface area contributed by atoms with E-state index in [0.29, 0.717) is 24.1 Å². The lowest BCUT2D eigenvalue weighted by Gasteiger charge is -2.25. The van der Waals surface area contributed by atoms with Crippen LogP contribution in [-0.2, 0) is 21.9 Å². The second-order valence-electron chi connectivity index (χ2n) is 8.62. The Bertz CT molecular complexity index is 1430. The fourth-order valence-corrected chi connectivity index (χ4v) is 6.10. The SMILES string of the molecule is C[C@]1(Cc2c(-c3ccccc3)n(S(C)(=O)=O)c3ccccc23)CC(=O)c2ccccc21. The molecule has 0 radical (unpaired) electrons. The number of hydrogen-bond donors (Lipinski definition) is 0. The summed E-state index contributed by atoms with van der Waals surface area (Å²) >= 11 is 0. The molecule has 0 amide bonds. The molecular formula is C26H23NO3S. The van der Waals surface area contributed by atoms with Gasteiger partial charge in [-0.2, -0.15) is 0 Å². The topological polar surface area (TPSA) is 56.1 Å². The van der Waals surface area contributed by atoms with Crippen LogP contribution in [0.5, 0.6) is 0 Å². The fraction of sp³-hybridized carbons (Fsp3) is 0.192. The highest BCUT2D eigenvalue weighted by Gasteiger charge is 2.41. The quantitative estimate of drug-likeness (QED) is 0.448. The van der Waals surface area contributed by atoms with Crippen molar-refractivity contribution in [3.63, 3.8) is 0 Å². The first-order valence-corrected chi connectivity index (χ1v) is 12.2. The second-order valence-corrected chi connectivity index (χ2v) is 10.5. The molecule has 0 N–H and O–H groups in total. The maximum absolute atomic E-state index is 12.9. The van der Waals surface area contributed by atoms with Crippen molar-refractivity contribution in [2.75, 3.05) is 6.26 Å². The zero-order chi connectivity index (χ0) is 21.8. The van der Waals surface area contributed by atoms with Crippen LogP contribution in [0.15, 0.2) is 78.9 Å². The standard InChI is InChI=1S/C26H23NO3S/c1-26(17-24(28)20-13-6-8-14-22(20)26)16-21-19-12-7-9-15-23(19)27(31(2,29)30)25(21)18-10-4-3-5-11-18/h3-15H,16-17H2,1-2H3/t26-/m0/s1. The Kier molecular flexibility index (Phi) is 4.41. The van der Waals surface area contributed by atoms with Crippen molar-refractivity contribution >= 4 is 26.7 Å². The predicted octanol–water partition coefficient (Wildman–Crippen LogP) is 5.20. The van der Waals surface area contributed by atoms with Gasteiger partial charge in [-0.3, -0.25) is 4.79 Å². The molecule has 1 atom stereocenters. The van der Waals surface area contributed by atoms with Crippen LogP contribution in [0.1, 0.15) is 34.8 Å². The normalized spacial score (nSPS) is 18.5. The van der Waals surface area contributed by atoms with Crippen LogP contribution in [0.4, 0.5) is 0 Å². The molecule has 1 aliphatic carbocycles. The number of para-hydroxylation sites is 1. The molecule has 0 saturated carbocycles. The summed E-state index contributed by atoms with van der Waals surface area (Å²) in [6, 6.07) is 25.0. The van der Waals surface area contributed by atoms with E-state index in [-0.39, 0.29) is 5.78 Å². The minimum atomic E-state index is -3.56. The first-order valence-electron chi connectivity index (χ1n) is 10.3. The summed E-state index contributed by atoms with van der Waals surface area (Å²) in [5.74, 6) is 0.145. The lowest BCUT2D eigenvalue weighted by Crippen LogP contribution is -2.23. The molecule has 4 nitrogen and oxygen atoms in total. The van der Waals surface area contributed by atoms with Crippen molar-refractivity contribution in [3.05, 3.63) is 95.6 Å². The van der Waals surface area contributed by atoms with Crippen LogP contribution in [0.2, 0.25) is 0 Å². The summed E-state index contributed by atoms with van der Waals surface area (Å²) in [6.07, 6.45) is 2.23. The van der Waals surface area contributed by atoms with Crippen LogP contribution in [0.3, 0.4) is 0 Å². The highest BCUT2D eigenvalue weighted by molar-refractivity contribution is 7.89. The van der Waals surface area contributed by atoms with Gasteiger partial charge in [-0.05, 0) is 29.2 Å². The maximum Gasteiger partial charge on any atom is 0.236 e. The van der Waals surface area contributed by atoms with E-state index in [4.69, 9.17) is 0 Å². The maximum atomic E-state index is 12.9. The van der Waals surface area contributed by atoms with Crippen LogP contribution in [0.25, 0.3) is 22.2 Å². The summed E-state index contributed by atoms with van der Waals surface area (Å²) in [5, 5.41) is 0.907. The van der Waals surface area contributed by atoms with Crippen molar-refractivity contribution in [1.29, 1.82) is 0 Å². The monoisotopic (exact) mass is 429 g/mol. The van der Waals surface area contributed by atoms with Crippen LogP contribution < -0.4 is 0 Å². The zero-order valence-corrected chi connectivity index (χ0v) is 18.3. The number of ketones is 1. The molecule has 1 heterocycles. The number of Topliss-reactive ketones (excluding diaryl/α,β-unsaturated/α-hetero) is 1. The lowest BCUT2D eigenvalue weighted by molar-refractivity contribution is 0.0976. The van der Waals surface area contributed by atoms with Gasteiger partial charge in [-0.1, -0.05) is 79.7 Å². The third-order valence-corrected chi connectivity index (χ3v) is 7.35. The Morgan fingerprint density at radius 1 is 0.903 bits per heavy atom. The molecule has 5 heteroatoms. The molecule has 0 fully saturated rings. The van der Waals surface area contributed by atoms with E-state index in [1.165, 1.54) is 10.2 Å². The van der Waals surface area contributed by atoms with Crippen LogP contribution in [-0.4, -0.2) is 24.4 Å². The van der Waals surface area contributed by atoms with Gasteiger partial charge in [0.1, 0.15) is 0 Å². The first-order chi connectivity index (χ1) is 14.8. The van der Waals surface area contributed by atoms with Crippen molar-refractivity contribution in [2.45, 2.75) is 25.2 Å². The van der Waals surface area contributed by atoms with Crippen LogP contribution in [0, 0.1) is 0 Å². The van der Waals surface area contributed by atoms with Gasteiger partial charge in [0.25, 0.3) is 0 Å². The molecule has 0 spiro atoms. The summed E-state index contributed by atoms with van der Waals surface area (Å²) in [4.78, 5) is 12.8. The molecule has 3 aromatic carbocycles. The average molecular weight is 430 g/mol. The van der Waals surface area contributed by atoms with E-state index in [9.17, 15) is 13.2 Å². The van der Waals surface area contributed by atoms with E-state index in [0.717, 1.165) is 27.6 Å². The van der Waals surface area contributed by atoms with Crippen LogP contribution >= 0.6 is 0 Å². The van der Waals surface area contributed by atoms with Gasteiger partial charge in [0, 0.05) is 22.8 Å². The molecule has 0 aliphatic heterocycles. The summed E-state index contributed by atoms with van der Waals surface area (Å²) in [5.41, 5.74) is 4.57. The molecule has 0 unspecified atom stereocenters.